The van der Waals surface area contributed by atoms with Crippen LogP contribution in [-0.4, -0.2) is 21.7 Å². The third kappa shape index (κ3) is 5.01. The van der Waals surface area contributed by atoms with Gasteiger partial charge in [0.1, 0.15) is 15.0 Å². The second-order valence-corrected chi connectivity index (χ2v) is 4.54. The maximum atomic E-state index is 8.81. The molecule has 0 aliphatic carbocycles. The molecule has 0 spiro atoms. The van der Waals surface area contributed by atoms with Crippen molar-refractivity contribution in [2.75, 3.05) is 6.61 Å². The summed E-state index contributed by atoms with van der Waals surface area (Å²) in [6, 6.07) is 6.95. The number of rotatable bonds is 2. The Kier molecular flexibility index (Phi) is 6.67. The Morgan fingerprint density at radius 2 is 1.72 bits per heavy atom. The monoisotopic (exact) mass is 374 g/mol. The Labute approximate surface area is 122 Å². The molecule has 2 aromatic heterocycles. The predicted molar refractivity (Wildman–Crippen MR) is 76.7 cm³/mol. The van der Waals surface area contributed by atoms with Gasteiger partial charge in [-0.25, -0.2) is 9.97 Å². The maximum absolute atomic E-state index is 8.81. The lowest BCUT2D eigenvalue weighted by Gasteiger charge is -2.02. The highest BCUT2D eigenvalue weighted by molar-refractivity contribution is 9.10. The smallest absolute Gasteiger partial charge is 0.152 e. The van der Waals surface area contributed by atoms with E-state index in [9.17, 15) is 0 Å². The van der Waals surface area contributed by atoms with Gasteiger partial charge in [-0.2, -0.15) is 0 Å². The normalized spacial score (nSPS) is 9.28. The summed E-state index contributed by atoms with van der Waals surface area (Å²) < 4.78 is 6.47. The fourth-order valence-electron chi connectivity index (χ4n) is 1.01. The molecule has 6 heteroatoms. The average molecular weight is 376 g/mol. The minimum absolute atomic E-state index is 0.174. The molecule has 0 unspecified atom stereocenters. The number of hydrogen-bond acceptors (Lipinski definition) is 4. The molecule has 2 aromatic rings. The zero-order valence-electron chi connectivity index (χ0n) is 9.68. The van der Waals surface area contributed by atoms with Gasteiger partial charge in [-0.3, -0.25) is 0 Å². The summed E-state index contributed by atoms with van der Waals surface area (Å²) in [5, 5.41) is 8.81. The lowest BCUT2D eigenvalue weighted by atomic mass is 10.5. The van der Waals surface area contributed by atoms with Crippen LogP contribution < -0.4 is 4.74 Å². The number of pyridine rings is 2. The summed E-state index contributed by atoms with van der Waals surface area (Å²) in [6.07, 6.45) is 3.32. The van der Waals surface area contributed by atoms with Crippen molar-refractivity contribution in [3.8, 4) is 11.5 Å². The molecule has 0 saturated carbocycles. The molecular formula is C12H12Br2N2O2. The second kappa shape index (κ2) is 8.05. The Hall–Kier alpha value is -1.14. The molecule has 0 radical (unpaired) electrons. The highest BCUT2D eigenvalue weighted by atomic mass is 79.9. The molecule has 0 fully saturated rings. The molecule has 0 amide bonds. The molecule has 1 N–H and O–H groups in total. The van der Waals surface area contributed by atoms with Crippen molar-refractivity contribution in [3.63, 3.8) is 0 Å². The lowest BCUT2D eigenvalue weighted by molar-refractivity contribution is 0.336. The molecule has 96 valence electrons. The van der Waals surface area contributed by atoms with Gasteiger partial charge in [0, 0.05) is 12.4 Å². The zero-order chi connectivity index (χ0) is 13.4. The largest absolute Gasteiger partial charge is 0.505 e. The Morgan fingerprint density at radius 1 is 1.11 bits per heavy atom. The quantitative estimate of drug-likeness (QED) is 0.811. The van der Waals surface area contributed by atoms with Gasteiger partial charge in [0.15, 0.2) is 5.75 Å². The van der Waals surface area contributed by atoms with Crippen molar-refractivity contribution in [2.24, 2.45) is 0 Å². The molecular weight excluding hydrogens is 364 g/mol. The zero-order valence-corrected chi connectivity index (χ0v) is 12.8. The Morgan fingerprint density at radius 3 is 2.17 bits per heavy atom. The highest BCUT2D eigenvalue weighted by Gasteiger charge is 1.96. The third-order valence-electron chi connectivity index (χ3n) is 1.76. The summed E-state index contributed by atoms with van der Waals surface area (Å²) in [5.74, 6) is 0.970. The number of hydrogen-bond donors (Lipinski definition) is 1. The van der Waals surface area contributed by atoms with Crippen LogP contribution in [0.15, 0.2) is 45.9 Å². The van der Waals surface area contributed by atoms with Crippen LogP contribution in [-0.2, 0) is 0 Å². The molecule has 2 rings (SSSR count). The Balaban J connectivity index is 0.000000184. The molecule has 0 aliphatic heterocycles. The van der Waals surface area contributed by atoms with Crippen molar-refractivity contribution in [2.45, 2.75) is 6.92 Å². The van der Waals surface area contributed by atoms with Crippen LogP contribution in [0.1, 0.15) is 6.92 Å². The third-order valence-corrected chi connectivity index (χ3v) is 2.97. The van der Waals surface area contributed by atoms with Crippen LogP contribution in [0.3, 0.4) is 0 Å². The van der Waals surface area contributed by atoms with Crippen molar-refractivity contribution in [3.05, 3.63) is 45.9 Å². The van der Waals surface area contributed by atoms with Crippen molar-refractivity contribution < 1.29 is 9.84 Å². The van der Waals surface area contributed by atoms with Gasteiger partial charge in [0.05, 0.1) is 6.61 Å². The maximum Gasteiger partial charge on any atom is 0.152 e. The van der Waals surface area contributed by atoms with Gasteiger partial charge < -0.3 is 9.84 Å². The van der Waals surface area contributed by atoms with Crippen molar-refractivity contribution >= 4 is 31.9 Å². The first-order chi connectivity index (χ1) is 8.65. The van der Waals surface area contributed by atoms with E-state index >= 15 is 0 Å². The van der Waals surface area contributed by atoms with E-state index in [-0.39, 0.29) is 5.75 Å². The van der Waals surface area contributed by atoms with E-state index in [0.29, 0.717) is 11.2 Å². The standard InChI is InChI=1S/C7H8BrNO.C5H4BrNO/c1-2-10-6-4-3-5-9-7(6)8;6-5-4(8)2-1-3-7-5/h3-5H,2H2,1H3;1-3,8H. The van der Waals surface area contributed by atoms with Gasteiger partial charge in [0.2, 0.25) is 0 Å². The first kappa shape index (κ1) is 14.9. The topological polar surface area (TPSA) is 55.2 Å². The first-order valence-electron chi connectivity index (χ1n) is 5.18. The minimum Gasteiger partial charge on any atom is -0.505 e. The van der Waals surface area contributed by atoms with E-state index in [4.69, 9.17) is 9.84 Å². The van der Waals surface area contributed by atoms with E-state index in [1.54, 1.807) is 24.5 Å². The number of aromatic hydroxyl groups is 1. The highest BCUT2D eigenvalue weighted by Crippen LogP contribution is 2.20. The molecule has 18 heavy (non-hydrogen) atoms. The van der Waals surface area contributed by atoms with E-state index in [1.165, 1.54) is 0 Å². The molecule has 0 aliphatic rings. The van der Waals surface area contributed by atoms with E-state index in [0.717, 1.165) is 10.4 Å². The van der Waals surface area contributed by atoms with Crippen molar-refractivity contribution in [1.29, 1.82) is 0 Å². The summed E-state index contributed by atoms with van der Waals surface area (Å²) >= 11 is 6.30. The molecule has 0 bridgehead atoms. The SMILES string of the molecule is CCOc1cccnc1Br.Oc1cccnc1Br. The first-order valence-corrected chi connectivity index (χ1v) is 6.76. The van der Waals surface area contributed by atoms with E-state index in [2.05, 4.69) is 41.8 Å². The van der Waals surface area contributed by atoms with E-state index in [1.807, 2.05) is 19.1 Å². The number of nitrogens with zero attached hydrogens (tertiary/aromatic N) is 2. The minimum atomic E-state index is 0.174. The van der Waals surface area contributed by atoms with Gasteiger partial charge in [-0.15, -0.1) is 0 Å². The van der Waals surface area contributed by atoms with E-state index < -0.39 is 0 Å². The molecule has 4 nitrogen and oxygen atoms in total. The number of ether oxygens (including phenoxy) is 1. The predicted octanol–water partition coefficient (Wildman–Crippen LogP) is 3.79. The van der Waals surface area contributed by atoms with Crippen LogP contribution in [0.2, 0.25) is 0 Å². The average Bonchev–Trinajstić information content (AvgIpc) is 2.37. The van der Waals surface area contributed by atoms with Crippen LogP contribution in [0.25, 0.3) is 0 Å². The Bertz CT molecular complexity index is 474. The van der Waals surface area contributed by atoms with Gasteiger partial charge in [-0.1, -0.05) is 0 Å². The van der Waals surface area contributed by atoms with Crippen LogP contribution in [0.4, 0.5) is 0 Å². The number of aromatic nitrogens is 2. The van der Waals surface area contributed by atoms with Gasteiger partial charge in [-0.05, 0) is 63.0 Å². The van der Waals surface area contributed by atoms with Crippen LogP contribution >= 0.6 is 31.9 Å². The molecule has 0 atom stereocenters. The molecule has 0 aromatic carbocycles. The fraction of sp³-hybridized carbons (Fsp3) is 0.167. The fourth-order valence-corrected chi connectivity index (χ4v) is 1.63. The van der Waals surface area contributed by atoms with Gasteiger partial charge in [0.25, 0.3) is 0 Å². The van der Waals surface area contributed by atoms with Crippen LogP contribution in [0, 0.1) is 0 Å². The summed E-state index contributed by atoms with van der Waals surface area (Å²) in [5.41, 5.74) is 0. The molecule has 2 heterocycles. The molecule has 0 saturated heterocycles. The summed E-state index contributed by atoms with van der Waals surface area (Å²) in [6.45, 7) is 2.61. The van der Waals surface area contributed by atoms with Crippen molar-refractivity contribution in [1.82, 2.24) is 9.97 Å². The lowest BCUT2D eigenvalue weighted by Crippen LogP contribution is -1.92. The van der Waals surface area contributed by atoms with Gasteiger partial charge >= 0.3 is 0 Å². The summed E-state index contributed by atoms with van der Waals surface area (Å²) in [4.78, 5) is 7.73. The summed E-state index contributed by atoms with van der Waals surface area (Å²) in [7, 11) is 0. The van der Waals surface area contributed by atoms with Crippen LogP contribution in [0.5, 0.6) is 11.5 Å². The number of halogens is 2. The second-order valence-electron chi connectivity index (χ2n) is 3.04.